The minimum absolute atomic E-state index is 0.0593. The highest BCUT2D eigenvalue weighted by Gasteiger charge is 2.22. The van der Waals surface area contributed by atoms with Crippen molar-refractivity contribution in [3.8, 4) is 11.6 Å². The first-order valence-electron chi connectivity index (χ1n) is 5.75. The van der Waals surface area contributed by atoms with Crippen molar-refractivity contribution >= 4 is 0 Å². The molecule has 0 aliphatic carbocycles. The summed E-state index contributed by atoms with van der Waals surface area (Å²) in [4.78, 5) is 0. The molecule has 0 aliphatic rings. The summed E-state index contributed by atoms with van der Waals surface area (Å²) in [6.45, 7) is 8.37. The molecule has 3 nitrogen and oxygen atoms in total. The fourth-order valence-electron chi connectivity index (χ4n) is 1.89. The van der Waals surface area contributed by atoms with Crippen LogP contribution in [0.2, 0.25) is 0 Å². The zero-order valence-electron chi connectivity index (χ0n) is 10.7. The van der Waals surface area contributed by atoms with Crippen LogP contribution in [0.25, 0.3) is 5.69 Å². The van der Waals surface area contributed by atoms with Crippen LogP contribution in [0.4, 0.5) is 0 Å². The van der Waals surface area contributed by atoms with Crippen LogP contribution in [0, 0.1) is 6.92 Å². The van der Waals surface area contributed by atoms with Gasteiger partial charge in [0.1, 0.15) is 0 Å². The zero-order valence-corrected chi connectivity index (χ0v) is 10.7. The molecular formula is C14H18N2O. The number of nitrogens with zero attached hydrogens (tertiary/aromatic N) is 2. The van der Waals surface area contributed by atoms with Gasteiger partial charge in [0.25, 0.3) is 0 Å². The van der Waals surface area contributed by atoms with E-state index in [0.29, 0.717) is 0 Å². The Bertz CT molecular complexity index is 535. The van der Waals surface area contributed by atoms with Crippen LogP contribution >= 0.6 is 0 Å². The summed E-state index contributed by atoms with van der Waals surface area (Å²) in [6.07, 6.45) is 0. The average Bonchev–Trinajstić information content (AvgIpc) is 2.60. The van der Waals surface area contributed by atoms with E-state index in [9.17, 15) is 5.11 Å². The lowest BCUT2D eigenvalue weighted by molar-refractivity contribution is 0.447. The SMILES string of the molecule is Cc1ccccc1-n1nc(O)cc1C(C)(C)C. The Hall–Kier alpha value is -1.77. The molecule has 1 aromatic carbocycles. The van der Waals surface area contributed by atoms with Crippen LogP contribution in [0.5, 0.6) is 5.88 Å². The molecule has 90 valence electrons. The fourth-order valence-corrected chi connectivity index (χ4v) is 1.89. The highest BCUT2D eigenvalue weighted by molar-refractivity contribution is 5.42. The van der Waals surface area contributed by atoms with Gasteiger partial charge in [-0.2, -0.15) is 0 Å². The van der Waals surface area contributed by atoms with Gasteiger partial charge in [0.15, 0.2) is 0 Å². The van der Waals surface area contributed by atoms with Gasteiger partial charge in [0.2, 0.25) is 5.88 Å². The van der Waals surface area contributed by atoms with Crippen LogP contribution in [0.3, 0.4) is 0 Å². The lowest BCUT2D eigenvalue weighted by atomic mass is 9.92. The largest absolute Gasteiger partial charge is 0.492 e. The van der Waals surface area contributed by atoms with Crippen LogP contribution in [0.1, 0.15) is 32.0 Å². The Morgan fingerprint density at radius 1 is 1.18 bits per heavy atom. The summed E-state index contributed by atoms with van der Waals surface area (Å²) in [6, 6.07) is 9.76. The number of benzene rings is 1. The van der Waals surface area contributed by atoms with E-state index in [1.54, 1.807) is 6.07 Å². The molecule has 0 fully saturated rings. The predicted octanol–water partition coefficient (Wildman–Crippen LogP) is 3.18. The van der Waals surface area contributed by atoms with Crippen LogP contribution in [0.15, 0.2) is 30.3 Å². The van der Waals surface area contributed by atoms with Crippen molar-refractivity contribution in [3.05, 3.63) is 41.6 Å². The molecule has 1 heterocycles. The second kappa shape index (κ2) is 3.91. The van der Waals surface area contributed by atoms with Gasteiger partial charge in [-0.1, -0.05) is 39.0 Å². The Morgan fingerprint density at radius 2 is 1.82 bits per heavy atom. The maximum Gasteiger partial charge on any atom is 0.231 e. The van der Waals surface area contributed by atoms with E-state index in [1.165, 1.54) is 0 Å². The summed E-state index contributed by atoms with van der Waals surface area (Å²) in [5.41, 5.74) is 3.10. The number of para-hydroxylation sites is 1. The third-order valence-corrected chi connectivity index (χ3v) is 2.81. The molecule has 0 amide bonds. The first kappa shape index (κ1) is 11.7. The van der Waals surface area contributed by atoms with Gasteiger partial charge in [-0.15, -0.1) is 5.10 Å². The van der Waals surface area contributed by atoms with Crippen molar-refractivity contribution in [3.63, 3.8) is 0 Å². The van der Waals surface area contributed by atoms with Crippen molar-refractivity contribution in [2.45, 2.75) is 33.1 Å². The smallest absolute Gasteiger partial charge is 0.231 e. The van der Waals surface area contributed by atoms with Crippen molar-refractivity contribution < 1.29 is 5.11 Å². The Kier molecular flexibility index (Phi) is 2.69. The molecule has 0 saturated heterocycles. The second-order valence-corrected chi connectivity index (χ2v) is 5.34. The lowest BCUT2D eigenvalue weighted by Gasteiger charge is -2.20. The third-order valence-electron chi connectivity index (χ3n) is 2.81. The molecule has 1 N–H and O–H groups in total. The first-order valence-corrected chi connectivity index (χ1v) is 5.75. The molecule has 3 heteroatoms. The highest BCUT2D eigenvalue weighted by atomic mass is 16.3. The van der Waals surface area contributed by atoms with E-state index in [1.807, 2.05) is 35.9 Å². The van der Waals surface area contributed by atoms with Gasteiger partial charge in [0.05, 0.1) is 11.4 Å². The van der Waals surface area contributed by atoms with Crippen molar-refractivity contribution in [2.75, 3.05) is 0 Å². The number of aromatic nitrogens is 2. The minimum atomic E-state index is -0.0593. The number of hydrogen-bond donors (Lipinski definition) is 1. The summed E-state index contributed by atoms with van der Waals surface area (Å²) >= 11 is 0. The predicted molar refractivity (Wildman–Crippen MR) is 68.7 cm³/mol. The van der Waals surface area contributed by atoms with Crippen molar-refractivity contribution in [1.29, 1.82) is 0 Å². The maximum absolute atomic E-state index is 9.62. The topological polar surface area (TPSA) is 38.0 Å². The number of rotatable bonds is 1. The maximum atomic E-state index is 9.62. The number of aromatic hydroxyl groups is 1. The molecule has 0 bridgehead atoms. The summed E-state index contributed by atoms with van der Waals surface area (Å²) in [5, 5.41) is 13.8. The van der Waals surface area contributed by atoms with E-state index >= 15 is 0 Å². The van der Waals surface area contributed by atoms with Crippen molar-refractivity contribution in [2.24, 2.45) is 0 Å². The average molecular weight is 230 g/mol. The molecule has 0 spiro atoms. The summed E-state index contributed by atoms with van der Waals surface area (Å²) in [5.74, 6) is 0.0678. The molecule has 0 aliphatic heterocycles. The van der Waals surface area contributed by atoms with Crippen LogP contribution in [-0.2, 0) is 5.41 Å². The van der Waals surface area contributed by atoms with Gasteiger partial charge in [0, 0.05) is 11.5 Å². The van der Waals surface area contributed by atoms with Gasteiger partial charge in [-0.05, 0) is 18.6 Å². The lowest BCUT2D eigenvalue weighted by Crippen LogP contribution is -2.17. The van der Waals surface area contributed by atoms with Gasteiger partial charge < -0.3 is 5.11 Å². The standard InChI is InChI=1S/C14H18N2O/c1-10-7-5-6-8-11(10)16-12(14(2,3)4)9-13(17)15-16/h5-9H,1-4H3,(H,15,17). The summed E-state index contributed by atoms with van der Waals surface area (Å²) in [7, 11) is 0. The zero-order chi connectivity index (χ0) is 12.6. The third kappa shape index (κ3) is 2.18. The number of hydrogen-bond acceptors (Lipinski definition) is 2. The monoisotopic (exact) mass is 230 g/mol. The van der Waals surface area contributed by atoms with Gasteiger partial charge in [-0.25, -0.2) is 4.68 Å². The van der Waals surface area contributed by atoms with E-state index in [-0.39, 0.29) is 11.3 Å². The molecule has 0 unspecified atom stereocenters. The van der Waals surface area contributed by atoms with Crippen LogP contribution in [-0.4, -0.2) is 14.9 Å². The molecule has 0 saturated carbocycles. The Morgan fingerprint density at radius 3 is 2.41 bits per heavy atom. The van der Waals surface area contributed by atoms with Gasteiger partial charge in [-0.3, -0.25) is 0 Å². The molecule has 2 aromatic rings. The Labute approximate surface area is 102 Å². The molecule has 0 atom stereocenters. The highest BCUT2D eigenvalue weighted by Crippen LogP contribution is 2.28. The molecular weight excluding hydrogens is 212 g/mol. The molecule has 1 aromatic heterocycles. The molecule has 17 heavy (non-hydrogen) atoms. The van der Waals surface area contributed by atoms with Gasteiger partial charge >= 0.3 is 0 Å². The minimum Gasteiger partial charge on any atom is -0.492 e. The van der Waals surface area contributed by atoms with E-state index < -0.39 is 0 Å². The van der Waals surface area contributed by atoms with E-state index in [0.717, 1.165) is 16.9 Å². The first-order chi connectivity index (χ1) is 7.89. The number of aryl methyl sites for hydroxylation is 1. The Balaban J connectivity index is 2.64. The van der Waals surface area contributed by atoms with Crippen LogP contribution < -0.4 is 0 Å². The summed E-state index contributed by atoms with van der Waals surface area (Å²) < 4.78 is 1.82. The van der Waals surface area contributed by atoms with Crippen molar-refractivity contribution in [1.82, 2.24) is 9.78 Å². The second-order valence-electron chi connectivity index (χ2n) is 5.34. The van der Waals surface area contributed by atoms with E-state index in [2.05, 4.69) is 25.9 Å². The normalized spacial score (nSPS) is 11.8. The fraction of sp³-hybridized carbons (Fsp3) is 0.357. The molecule has 0 radical (unpaired) electrons. The molecule has 2 rings (SSSR count). The van der Waals surface area contributed by atoms with E-state index in [4.69, 9.17) is 0 Å². The quantitative estimate of drug-likeness (QED) is 0.817.